The molecule has 4 aromatic carbocycles. The highest BCUT2D eigenvalue weighted by Gasteiger charge is 2.27. The van der Waals surface area contributed by atoms with E-state index in [0.29, 0.717) is 84.2 Å². The number of halogens is 2. The molecule has 0 aliphatic carbocycles. The second-order valence-electron chi connectivity index (χ2n) is 17.9. The van der Waals surface area contributed by atoms with Gasteiger partial charge in [0.05, 0.1) is 21.9 Å². The van der Waals surface area contributed by atoms with Crippen molar-refractivity contribution >= 4 is 52.6 Å². The number of nitrogens with zero attached hydrogens (tertiary/aromatic N) is 5. The lowest BCUT2D eigenvalue weighted by Crippen LogP contribution is -2.44. The zero-order valence-corrected chi connectivity index (χ0v) is 39.6. The van der Waals surface area contributed by atoms with E-state index in [4.69, 9.17) is 42.6 Å². The summed E-state index contributed by atoms with van der Waals surface area (Å²) in [7, 11) is 0. The molecule has 0 spiro atoms. The van der Waals surface area contributed by atoms with Gasteiger partial charge in [-0.3, -0.25) is 0 Å². The summed E-state index contributed by atoms with van der Waals surface area (Å²) in [6.45, 7) is 10.1. The van der Waals surface area contributed by atoms with Crippen molar-refractivity contribution in [1.82, 2.24) is 30.2 Å². The number of benzene rings is 4. The Morgan fingerprint density at radius 3 is 2.04 bits per heavy atom. The Morgan fingerprint density at radius 2 is 1.37 bits per heavy atom. The molecule has 2 saturated heterocycles. The second-order valence-corrected chi connectivity index (χ2v) is 18.7. The number of ether oxygens (including phenoxy) is 2. The first-order valence-electron chi connectivity index (χ1n) is 22.9. The third-order valence-electron chi connectivity index (χ3n) is 11.6. The third-order valence-corrected chi connectivity index (χ3v) is 12.2. The molecular weight excluding hydrogens is 888 g/mol. The summed E-state index contributed by atoms with van der Waals surface area (Å²) in [4.78, 5) is 33.2. The molecule has 6 aromatic rings. The Bertz CT molecular complexity index is 2630. The summed E-state index contributed by atoms with van der Waals surface area (Å²) in [5.41, 5.74) is 6.76. The third kappa shape index (κ3) is 13.4. The molecular formula is C51H58Cl2N10O4. The fourth-order valence-corrected chi connectivity index (χ4v) is 8.53. The molecule has 8 rings (SSSR count). The Morgan fingerprint density at radius 1 is 0.746 bits per heavy atom. The second kappa shape index (κ2) is 22.0. The van der Waals surface area contributed by atoms with E-state index in [1.807, 2.05) is 75.4 Å². The van der Waals surface area contributed by atoms with E-state index in [1.54, 1.807) is 29.4 Å². The number of rotatable bonds is 16. The van der Waals surface area contributed by atoms with Crippen LogP contribution >= 0.6 is 23.2 Å². The molecule has 16 heteroatoms. The first-order valence-corrected chi connectivity index (χ1v) is 23.7. The van der Waals surface area contributed by atoms with Crippen molar-refractivity contribution in [2.45, 2.75) is 77.0 Å². The Balaban J connectivity index is 0.888. The van der Waals surface area contributed by atoms with Crippen molar-refractivity contribution in [3.05, 3.63) is 125 Å². The molecule has 0 radical (unpaired) electrons. The highest BCUT2D eigenvalue weighted by Crippen LogP contribution is 2.37. The minimum absolute atomic E-state index is 0.0543. The van der Waals surface area contributed by atoms with E-state index in [0.717, 1.165) is 78.1 Å². The summed E-state index contributed by atoms with van der Waals surface area (Å²) in [5.74, 6) is 1.98. The number of carbonyl (C=O) groups excluding carboxylic acids is 1. The van der Waals surface area contributed by atoms with Gasteiger partial charge in [0.15, 0.2) is 5.75 Å². The number of likely N-dealkylation sites (tertiary alicyclic amines) is 1. The van der Waals surface area contributed by atoms with Crippen LogP contribution in [-0.2, 0) is 17.6 Å². The molecule has 2 aliphatic rings. The number of aromatic nitrogens is 4. The maximum absolute atomic E-state index is 12.5. The van der Waals surface area contributed by atoms with Crippen molar-refractivity contribution in [2.24, 2.45) is 0 Å². The number of amides is 1. The molecule has 67 heavy (non-hydrogen) atoms. The number of nitrogens with one attached hydrogen (secondary N) is 5. The van der Waals surface area contributed by atoms with Crippen LogP contribution in [0.2, 0.25) is 10.0 Å². The molecule has 2 aromatic heterocycles. The van der Waals surface area contributed by atoms with Crippen molar-refractivity contribution < 1.29 is 19.4 Å². The van der Waals surface area contributed by atoms with Gasteiger partial charge < -0.3 is 46.1 Å². The van der Waals surface area contributed by atoms with Crippen LogP contribution in [-0.4, -0.2) is 93.0 Å². The van der Waals surface area contributed by atoms with Crippen LogP contribution in [0.1, 0.15) is 57.6 Å². The maximum Gasteiger partial charge on any atom is 0.410 e. The summed E-state index contributed by atoms with van der Waals surface area (Å²) < 4.78 is 12.0. The lowest BCUT2D eigenvalue weighted by Gasteiger charge is -2.34. The number of phenols is 1. The van der Waals surface area contributed by atoms with Crippen molar-refractivity contribution in [3.63, 3.8) is 0 Å². The van der Waals surface area contributed by atoms with E-state index < -0.39 is 5.60 Å². The molecule has 350 valence electrons. The Labute approximate surface area is 402 Å². The van der Waals surface area contributed by atoms with E-state index in [1.165, 1.54) is 0 Å². The van der Waals surface area contributed by atoms with Gasteiger partial charge in [0.25, 0.3) is 0 Å². The number of hydrogen-bond acceptors (Lipinski definition) is 13. The minimum Gasteiger partial charge on any atom is -0.506 e. The number of aromatic hydroxyl groups is 1. The predicted molar refractivity (Wildman–Crippen MR) is 268 cm³/mol. The van der Waals surface area contributed by atoms with Crippen LogP contribution in [0, 0.1) is 0 Å². The standard InChI is InChI=1S/C51H58Cl2N10O4/c1-51(2,3)67-50(65)63-26-19-38(20-27-63)60-39-8-4-6-35(30-39)43-18-25-57-48(61-43)55-23-15-34-11-13-45(42(53)29-34)66-46-32-58-49(56-24-14-33-10-12-44(64)41(52)28-33)62-47(46)36-7-5-9-40(31-36)59-37-16-21-54-22-17-37/h4-13,18,25,28-32,37-38,54,59-60,64H,14-17,19-24,26-27H2,1-3H3,(H,55,57,61)(H,56,58,62). The van der Waals surface area contributed by atoms with Gasteiger partial charge in [-0.05, 0) is 138 Å². The van der Waals surface area contributed by atoms with Gasteiger partial charge in [-0.25, -0.2) is 24.7 Å². The van der Waals surface area contributed by atoms with Crippen molar-refractivity contribution in [2.75, 3.05) is 60.5 Å². The first-order chi connectivity index (χ1) is 32.4. The number of piperidine rings is 2. The van der Waals surface area contributed by atoms with Crippen molar-refractivity contribution in [1.29, 1.82) is 0 Å². The van der Waals surface area contributed by atoms with Gasteiger partial charge in [-0.1, -0.05) is 59.6 Å². The number of hydrogen-bond donors (Lipinski definition) is 6. The monoisotopic (exact) mass is 944 g/mol. The van der Waals surface area contributed by atoms with E-state index >= 15 is 0 Å². The van der Waals surface area contributed by atoms with Crippen LogP contribution in [0.4, 0.5) is 28.1 Å². The molecule has 1 amide bonds. The fraction of sp³-hybridized carbons (Fsp3) is 0.353. The van der Waals surface area contributed by atoms with Gasteiger partial charge in [0.1, 0.15) is 22.8 Å². The Hall–Kier alpha value is -6.35. The smallest absolute Gasteiger partial charge is 0.410 e. The highest BCUT2D eigenvalue weighted by molar-refractivity contribution is 6.32. The SMILES string of the molecule is CC(C)(C)OC(=O)N1CCC(Nc2cccc(-c3ccnc(NCCc4ccc(Oc5cnc(NCCc6ccc(O)c(Cl)c6)nc5-c5cccc(NC6CCNCC6)c5)c(Cl)c4)n3)c2)CC1. The average molecular weight is 946 g/mol. The quantitative estimate of drug-likeness (QED) is 0.0542. The Kier molecular flexibility index (Phi) is 15.5. The van der Waals surface area contributed by atoms with Crippen molar-refractivity contribution in [3.8, 4) is 39.8 Å². The number of anilines is 4. The fourth-order valence-electron chi connectivity index (χ4n) is 8.08. The zero-order chi connectivity index (χ0) is 46.8. The summed E-state index contributed by atoms with van der Waals surface area (Å²) in [6.07, 6.45) is 8.27. The largest absolute Gasteiger partial charge is 0.506 e. The van der Waals surface area contributed by atoms with Gasteiger partial charge in [0.2, 0.25) is 11.9 Å². The normalized spacial score (nSPS) is 14.6. The van der Waals surface area contributed by atoms with Crippen LogP contribution in [0.5, 0.6) is 17.2 Å². The average Bonchev–Trinajstić information content (AvgIpc) is 3.32. The van der Waals surface area contributed by atoms with Gasteiger partial charge in [-0.15, -0.1) is 0 Å². The van der Waals surface area contributed by atoms with Crippen LogP contribution < -0.4 is 31.3 Å². The van der Waals surface area contributed by atoms with Crippen LogP contribution in [0.25, 0.3) is 22.5 Å². The molecule has 14 nitrogen and oxygen atoms in total. The lowest BCUT2D eigenvalue weighted by molar-refractivity contribution is 0.0210. The predicted octanol–water partition coefficient (Wildman–Crippen LogP) is 10.7. The van der Waals surface area contributed by atoms with E-state index in [9.17, 15) is 9.90 Å². The lowest BCUT2D eigenvalue weighted by atomic mass is 10.0. The molecule has 2 fully saturated rings. The number of phenolic OH excluding ortho intramolecular Hbond substituents is 1. The molecule has 0 atom stereocenters. The molecule has 0 saturated carbocycles. The maximum atomic E-state index is 12.5. The van der Waals surface area contributed by atoms with E-state index in [2.05, 4.69) is 60.8 Å². The highest BCUT2D eigenvalue weighted by atomic mass is 35.5. The topological polar surface area (TPSA) is 171 Å². The molecule has 2 aliphatic heterocycles. The minimum atomic E-state index is -0.508. The van der Waals surface area contributed by atoms with E-state index in [-0.39, 0.29) is 17.9 Å². The number of carbonyl (C=O) groups is 1. The molecule has 4 heterocycles. The van der Waals surface area contributed by atoms with Gasteiger partial charge in [-0.2, -0.15) is 0 Å². The summed E-state index contributed by atoms with van der Waals surface area (Å²) in [6, 6.07) is 29.9. The zero-order valence-electron chi connectivity index (χ0n) is 38.1. The molecule has 0 bridgehead atoms. The van der Waals surface area contributed by atoms with Crippen LogP contribution in [0.15, 0.2) is 103 Å². The van der Waals surface area contributed by atoms with Crippen LogP contribution in [0.3, 0.4) is 0 Å². The van der Waals surface area contributed by atoms with Gasteiger partial charge in [0, 0.05) is 67.0 Å². The molecule has 0 unspecified atom stereocenters. The first kappa shape index (κ1) is 47.2. The summed E-state index contributed by atoms with van der Waals surface area (Å²) >= 11 is 13.0. The summed E-state index contributed by atoms with van der Waals surface area (Å²) in [5, 5.41) is 28.1. The molecule has 6 N–H and O–H groups in total. The van der Waals surface area contributed by atoms with Gasteiger partial charge >= 0.3 is 6.09 Å².